The van der Waals surface area contributed by atoms with Gasteiger partial charge in [0.25, 0.3) is 0 Å². The summed E-state index contributed by atoms with van der Waals surface area (Å²) < 4.78 is 8.02. The maximum Gasteiger partial charge on any atom is 0.167 e. The van der Waals surface area contributed by atoms with Crippen LogP contribution in [0.1, 0.15) is 42.6 Å². The molecule has 0 N–H and O–H groups in total. The first kappa shape index (κ1) is 17.9. The lowest BCUT2D eigenvalue weighted by molar-refractivity contribution is 0.307. The van der Waals surface area contributed by atoms with Crippen molar-refractivity contribution >= 4 is 5.65 Å². The predicted octanol–water partition coefficient (Wildman–Crippen LogP) is 5.24. The normalized spacial score (nSPS) is 12.5. The third kappa shape index (κ3) is 4.02. The van der Waals surface area contributed by atoms with Gasteiger partial charge in [-0.25, -0.2) is 0 Å². The van der Waals surface area contributed by atoms with Gasteiger partial charge in [0.15, 0.2) is 5.65 Å². The number of aryl methyl sites for hydroxylation is 1. The Labute approximate surface area is 154 Å². The van der Waals surface area contributed by atoms with E-state index in [1.54, 1.807) is 0 Å². The molecule has 1 atom stereocenters. The van der Waals surface area contributed by atoms with Crippen molar-refractivity contribution in [3.05, 3.63) is 84.4 Å². The Morgan fingerprint density at radius 2 is 2.12 bits per heavy atom. The number of rotatable bonds is 8. The second kappa shape index (κ2) is 8.48. The minimum absolute atomic E-state index is 0.234. The van der Waals surface area contributed by atoms with Gasteiger partial charge in [0.2, 0.25) is 0 Å². The van der Waals surface area contributed by atoms with Crippen LogP contribution < -0.4 is 4.74 Å². The van der Waals surface area contributed by atoms with Crippen LogP contribution >= 0.6 is 0 Å². The molecule has 0 amide bonds. The Morgan fingerprint density at radius 1 is 1.23 bits per heavy atom. The standard InChI is InChI=1S/C22H25N3O/c1-4-6-7-11-18(5-2)21-23-24-22-19(12-9-14-25(21)22)16-26-20-13-8-10-17(3)15-20/h4,7-15,18H,1,5-6,16H2,2-3H3/b11-7+. The van der Waals surface area contributed by atoms with Gasteiger partial charge in [-0.05, 0) is 43.5 Å². The van der Waals surface area contributed by atoms with E-state index < -0.39 is 0 Å². The first-order valence-electron chi connectivity index (χ1n) is 9.02. The van der Waals surface area contributed by atoms with E-state index in [2.05, 4.69) is 53.2 Å². The van der Waals surface area contributed by atoms with Crippen molar-refractivity contribution in [3.63, 3.8) is 0 Å². The van der Waals surface area contributed by atoms with Crippen LogP contribution in [-0.2, 0) is 6.61 Å². The summed E-state index contributed by atoms with van der Waals surface area (Å²) in [6, 6.07) is 12.1. The molecule has 0 bridgehead atoms. The molecule has 0 aliphatic carbocycles. The molecule has 3 rings (SSSR count). The number of ether oxygens (including phenoxy) is 1. The molecule has 1 aromatic carbocycles. The fourth-order valence-electron chi connectivity index (χ4n) is 2.96. The lowest BCUT2D eigenvalue weighted by atomic mass is 10.0. The number of pyridine rings is 1. The molecule has 4 nitrogen and oxygen atoms in total. The minimum atomic E-state index is 0.234. The topological polar surface area (TPSA) is 39.4 Å². The van der Waals surface area contributed by atoms with E-state index >= 15 is 0 Å². The highest BCUT2D eigenvalue weighted by molar-refractivity contribution is 5.48. The van der Waals surface area contributed by atoms with Crippen LogP contribution in [0.5, 0.6) is 5.75 Å². The molecule has 2 heterocycles. The van der Waals surface area contributed by atoms with Gasteiger partial charge in [0.05, 0.1) is 0 Å². The van der Waals surface area contributed by atoms with E-state index in [0.717, 1.165) is 35.6 Å². The van der Waals surface area contributed by atoms with Crippen molar-refractivity contribution in [2.45, 2.75) is 39.2 Å². The quantitative estimate of drug-likeness (QED) is 0.523. The van der Waals surface area contributed by atoms with E-state index in [1.807, 2.05) is 42.6 Å². The highest BCUT2D eigenvalue weighted by Gasteiger charge is 2.15. The first-order chi connectivity index (χ1) is 12.7. The van der Waals surface area contributed by atoms with Crippen molar-refractivity contribution in [1.82, 2.24) is 14.6 Å². The summed E-state index contributed by atoms with van der Waals surface area (Å²) in [5.41, 5.74) is 3.06. The molecule has 134 valence electrons. The van der Waals surface area contributed by atoms with Crippen molar-refractivity contribution in [2.75, 3.05) is 0 Å². The number of aromatic nitrogens is 3. The average molecular weight is 347 g/mol. The first-order valence-corrected chi connectivity index (χ1v) is 9.02. The second-order valence-electron chi connectivity index (χ2n) is 6.36. The fourth-order valence-corrected chi connectivity index (χ4v) is 2.96. The Balaban J connectivity index is 1.84. The van der Waals surface area contributed by atoms with Gasteiger partial charge in [-0.3, -0.25) is 4.40 Å². The number of benzene rings is 1. The lowest BCUT2D eigenvalue weighted by Crippen LogP contribution is -2.03. The van der Waals surface area contributed by atoms with Crippen molar-refractivity contribution in [2.24, 2.45) is 0 Å². The summed E-state index contributed by atoms with van der Waals surface area (Å²) in [5.74, 6) is 2.06. The van der Waals surface area contributed by atoms with Crippen LogP contribution in [0.15, 0.2) is 67.4 Å². The monoisotopic (exact) mass is 347 g/mol. The average Bonchev–Trinajstić information content (AvgIpc) is 3.08. The van der Waals surface area contributed by atoms with E-state index in [4.69, 9.17) is 4.74 Å². The summed E-state index contributed by atoms with van der Waals surface area (Å²) >= 11 is 0. The fraction of sp³-hybridized carbons (Fsp3) is 0.273. The lowest BCUT2D eigenvalue weighted by Gasteiger charge is -2.10. The van der Waals surface area contributed by atoms with Crippen LogP contribution in [-0.4, -0.2) is 14.6 Å². The zero-order valence-corrected chi connectivity index (χ0v) is 15.4. The summed E-state index contributed by atoms with van der Waals surface area (Å²) in [6.45, 7) is 8.45. The summed E-state index contributed by atoms with van der Waals surface area (Å²) in [4.78, 5) is 0. The Bertz CT molecular complexity index is 911. The molecule has 0 saturated carbocycles. The predicted molar refractivity (Wildman–Crippen MR) is 105 cm³/mol. The summed E-state index contributed by atoms with van der Waals surface area (Å²) in [6.07, 6.45) is 10.1. The smallest absolute Gasteiger partial charge is 0.167 e. The second-order valence-corrected chi connectivity index (χ2v) is 6.36. The van der Waals surface area contributed by atoms with Crippen molar-refractivity contribution < 1.29 is 4.74 Å². The molecule has 2 aromatic heterocycles. The Kier molecular flexibility index (Phi) is 5.84. The van der Waals surface area contributed by atoms with Gasteiger partial charge >= 0.3 is 0 Å². The zero-order chi connectivity index (χ0) is 18.4. The molecular weight excluding hydrogens is 322 g/mol. The van der Waals surface area contributed by atoms with Crippen molar-refractivity contribution in [1.29, 1.82) is 0 Å². The van der Waals surface area contributed by atoms with Crippen molar-refractivity contribution in [3.8, 4) is 5.75 Å². The van der Waals surface area contributed by atoms with Gasteiger partial charge in [0, 0.05) is 17.7 Å². The third-order valence-corrected chi connectivity index (χ3v) is 4.37. The van der Waals surface area contributed by atoms with Crippen LogP contribution in [0, 0.1) is 6.92 Å². The van der Waals surface area contributed by atoms with E-state index in [9.17, 15) is 0 Å². The van der Waals surface area contributed by atoms with Gasteiger partial charge in [-0.1, -0.05) is 43.4 Å². The molecule has 0 radical (unpaired) electrons. The number of fused-ring (bicyclic) bond motifs is 1. The summed E-state index contributed by atoms with van der Waals surface area (Å²) in [5, 5.41) is 8.88. The highest BCUT2D eigenvalue weighted by atomic mass is 16.5. The maximum absolute atomic E-state index is 5.95. The third-order valence-electron chi connectivity index (χ3n) is 4.37. The van der Waals surface area contributed by atoms with Crippen LogP contribution in [0.2, 0.25) is 0 Å². The number of hydrogen-bond acceptors (Lipinski definition) is 3. The molecule has 0 spiro atoms. The number of nitrogens with zero attached hydrogens (tertiary/aromatic N) is 3. The van der Waals surface area contributed by atoms with Crippen LogP contribution in [0.25, 0.3) is 5.65 Å². The SMILES string of the molecule is C=CC/C=C/C(CC)c1nnc2c(COc3cccc(C)c3)cccn12. The van der Waals surface area contributed by atoms with Gasteiger partial charge in [0.1, 0.15) is 18.2 Å². The van der Waals surface area contributed by atoms with Gasteiger partial charge < -0.3 is 4.74 Å². The zero-order valence-electron chi connectivity index (χ0n) is 15.4. The molecule has 0 aliphatic heterocycles. The molecule has 0 aliphatic rings. The molecule has 0 fully saturated rings. The molecule has 1 unspecified atom stereocenters. The Morgan fingerprint density at radius 3 is 2.88 bits per heavy atom. The molecular formula is C22H25N3O. The van der Waals surface area contributed by atoms with Crippen LogP contribution in [0.4, 0.5) is 0 Å². The number of allylic oxidation sites excluding steroid dienone is 3. The molecule has 0 saturated heterocycles. The highest BCUT2D eigenvalue weighted by Crippen LogP contribution is 2.22. The molecule has 26 heavy (non-hydrogen) atoms. The Hall–Kier alpha value is -2.88. The number of hydrogen-bond donors (Lipinski definition) is 0. The van der Waals surface area contributed by atoms with Crippen LogP contribution in [0.3, 0.4) is 0 Å². The molecule has 4 heteroatoms. The molecule has 3 aromatic rings. The van der Waals surface area contributed by atoms with E-state index in [1.165, 1.54) is 5.56 Å². The maximum atomic E-state index is 5.95. The van der Waals surface area contributed by atoms with E-state index in [-0.39, 0.29) is 5.92 Å². The largest absolute Gasteiger partial charge is 0.489 e. The van der Waals surface area contributed by atoms with Gasteiger partial charge in [-0.15, -0.1) is 16.8 Å². The van der Waals surface area contributed by atoms with Gasteiger partial charge in [-0.2, -0.15) is 0 Å². The summed E-state index contributed by atoms with van der Waals surface area (Å²) in [7, 11) is 0. The van der Waals surface area contributed by atoms with E-state index in [0.29, 0.717) is 6.61 Å². The minimum Gasteiger partial charge on any atom is -0.489 e.